The number of benzene rings is 2. The fourth-order valence-electron chi connectivity index (χ4n) is 2.46. The highest BCUT2D eigenvalue weighted by Crippen LogP contribution is 2.31. The lowest BCUT2D eigenvalue weighted by molar-refractivity contribution is 0.173. The standard InChI is InChI=1S/C20H19N3O3/c1-26-17-8-5-14(6-9-17)22-23-16-7-10-19(24)18(12-16)20(25)13-15-4-2-3-11-21-15/h2-12,20,24-25H,13H2,1H3/t20-/m1/s1. The second-order valence-corrected chi connectivity index (χ2v) is 5.68. The number of ether oxygens (including phenoxy) is 1. The number of hydrogen-bond acceptors (Lipinski definition) is 6. The van der Waals surface area contributed by atoms with Crippen molar-refractivity contribution >= 4 is 11.4 Å². The Balaban J connectivity index is 1.77. The summed E-state index contributed by atoms with van der Waals surface area (Å²) in [7, 11) is 1.60. The third kappa shape index (κ3) is 4.43. The molecule has 2 N–H and O–H groups in total. The molecule has 0 radical (unpaired) electrons. The van der Waals surface area contributed by atoms with Crippen LogP contribution in [0.15, 0.2) is 77.1 Å². The van der Waals surface area contributed by atoms with Crippen molar-refractivity contribution in [2.24, 2.45) is 10.2 Å². The molecule has 0 bridgehead atoms. The number of methoxy groups -OCH3 is 1. The lowest BCUT2D eigenvalue weighted by Crippen LogP contribution is -2.03. The van der Waals surface area contributed by atoms with Crippen molar-refractivity contribution in [3.8, 4) is 11.5 Å². The maximum atomic E-state index is 10.4. The summed E-state index contributed by atoms with van der Waals surface area (Å²) in [6.45, 7) is 0. The van der Waals surface area contributed by atoms with Crippen LogP contribution in [0, 0.1) is 0 Å². The van der Waals surface area contributed by atoms with E-state index in [1.807, 2.05) is 18.2 Å². The van der Waals surface area contributed by atoms with Gasteiger partial charge in [0.25, 0.3) is 0 Å². The molecule has 1 atom stereocenters. The molecule has 0 amide bonds. The zero-order valence-electron chi connectivity index (χ0n) is 14.3. The van der Waals surface area contributed by atoms with E-state index in [1.165, 1.54) is 6.07 Å². The number of nitrogens with zero attached hydrogens (tertiary/aromatic N) is 3. The fraction of sp³-hybridized carbons (Fsp3) is 0.150. The molecule has 26 heavy (non-hydrogen) atoms. The monoisotopic (exact) mass is 349 g/mol. The number of azo groups is 1. The number of hydrogen-bond donors (Lipinski definition) is 2. The van der Waals surface area contributed by atoms with Crippen LogP contribution in [0.4, 0.5) is 11.4 Å². The van der Waals surface area contributed by atoms with Gasteiger partial charge in [-0.1, -0.05) is 6.07 Å². The highest BCUT2D eigenvalue weighted by atomic mass is 16.5. The molecule has 3 rings (SSSR count). The summed E-state index contributed by atoms with van der Waals surface area (Å²) in [5.41, 5.74) is 2.34. The minimum atomic E-state index is -0.888. The van der Waals surface area contributed by atoms with Crippen molar-refractivity contribution in [2.75, 3.05) is 7.11 Å². The van der Waals surface area contributed by atoms with E-state index in [9.17, 15) is 10.2 Å². The van der Waals surface area contributed by atoms with E-state index in [0.717, 1.165) is 11.4 Å². The largest absolute Gasteiger partial charge is 0.508 e. The molecule has 0 unspecified atom stereocenters. The van der Waals surface area contributed by atoms with Crippen LogP contribution in [-0.4, -0.2) is 22.3 Å². The van der Waals surface area contributed by atoms with E-state index in [0.29, 0.717) is 23.4 Å². The first-order valence-corrected chi connectivity index (χ1v) is 8.12. The van der Waals surface area contributed by atoms with Gasteiger partial charge >= 0.3 is 0 Å². The quantitative estimate of drug-likeness (QED) is 0.642. The van der Waals surface area contributed by atoms with Crippen molar-refractivity contribution in [2.45, 2.75) is 12.5 Å². The molecule has 0 aliphatic heterocycles. The Bertz CT molecular complexity index is 881. The average Bonchev–Trinajstić information content (AvgIpc) is 2.68. The number of aromatic hydroxyl groups is 1. The molecule has 0 saturated heterocycles. The molecule has 6 heteroatoms. The molecule has 3 aromatic rings. The number of aliphatic hydroxyl groups excluding tert-OH is 1. The van der Waals surface area contributed by atoms with Crippen LogP contribution in [-0.2, 0) is 6.42 Å². The van der Waals surface area contributed by atoms with Gasteiger partial charge in [-0.25, -0.2) is 0 Å². The van der Waals surface area contributed by atoms with Gasteiger partial charge in [-0.15, -0.1) is 0 Å². The molecule has 1 aromatic heterocycles. The predicted molar refractivity (Wildman–Crippen MR) is 98.2 cm³/mol. The summed E-state index contributed by atoms with van der Waals surface area (Å²) in [6, 6.07) is 17.4. The van der Waals surface area contributed by atoms with Crippen LogP contribution in [0.1, 0.15) is 17.4 Å². The smallest absolute Gasteiger partial charge is 0.121 e. The highest BCUT2D eigenvalue weighted by Gasteiger charge is 2.14. The van der Waals surface area contributed by atoms with E-state index >= 15 is 0 Å². The Kier molecular flexibility index (Phi) is 5.56. The zero-order valence-corrected chi connectivity index (χ0v) is 14.3. The van der Waals surface area contributed by atoms with E-state index in [1.54, 1.807) is 49.7 Å². The zero-order chi connectivity index (χ0) is 18.4. The summed E-state index contributed by atoms with van der Waals surface area (Å²) in [6.07, 6.45) is 1.08. The van der Waals surface area contributed by atoms with Crippen LogP contribution in [0.2, 0.25) is 0 Å². The van der Waals surface area contributed by atoms with Gasteiger partial charge in [0.05, 0.1) is 24.6 Å². The van der Waals surface area contributed by atoms with Crippen molar-refractivity contribution in [1.29, 1.82) is 0 Å². The lowest BCUT2D eigenvalue weighted by Gasteiger charge is -2.12. The van der Waals surface area contributed by atoms with Gasteiger partial charge in [0, 0.05) is 23.9 Å². The van der Waals surface area contributed by atoms with Gasteiger partial charge in [0.15, 0.2) is 0 Å². The number of pyridine rings is 1. The van der Waals surface area contributed by atoms with Gasteiger partial charge < -0.3 is 14.9 Å². The van der Waals surface area contributed by atoms with Crippen molar-refractivity contribution in [1.82, 2.24) is 4.98 Å². The third-order valence-electron chi connectivity index (χ3n) is 3.85. The number of phenolic OH excluding ortho intramolecular Hbond substituents is 1. The Labute approximate surface area is 151 Å². The van der Waals surface area contributed by atoms with E-state index in [2.05, 4.69) is 15.2 Å². The first kappa shape index (κ1) is 17.6. The molecule has 2 aromatic carbocycles. The second kappa shape index (κ2) is 8.22. The predicted octanol–water partition coefficient (Wildman–Crippen LogP) is 4.49. The van der Waals surface area contributed by atoms with E-state index in [4.69, 9.17) is 4.74 Å². The normalized spacial score (nSPS) is 12.2. The summed E-state index contributed by atoms with van der Waals surface area (Å²) in [5, 5.41) is 28.8. The Morgan fingerprint density at radius 2 is 1.73 bits per heavy atom. The van der Waals surface area contributed by atoms with Crippen molar-refractivity contribution in [3.63, 3.8) is 0 Å². The van der Waals surface area contributed by atoms with Crippen LogP contribution >= 0.6 is 0 Å². The second-order valence-electron chi connectivity index (χ2n) is 5.68. The van der Waals surface area contributed by atoms with Crippen LogP contribution < -0.4 is 4.74 Å². The minimum absolute atomic E-state index is 0.0110. The van der Waals surface area contributed by atoms with Gasteiger partial charge in [-0.2, -0.15) is 10.2 Å². The van der Waals surface area contributed by atoms with Gasteiger partial charge in [-0.3, -0.25) is 4.98 Å². The molecule has 0 aliphatic carbocycles. The first-order chi connectivity index (χ1) is 12.7. The van der Waals surface area contributed by atoms with E-state index in [-0.39, 0.29) is 5.75 Å². The first-order valence-electron chi connectivity index (χ1n) is 8.12. The van der Waals surface area contributed by atoms with Crippen molar-refractivity contribution < 1.29 is 14.9 Å². The summed E-state index contributed by atoms with van der Waals surface area (Å²) in [5.74, 6) is 0.755. The van der Waals surface area contributed by atoms with Crippen LogP contribution in [0.5, 0.6) is 11.5 Å². The maximum Gasteiger partial charge on any atom is 0.121 e. The average molecular weight is 349 g/mol. The molecular weight excluding hydrogens is 330 g/mol. The number of rotatable bonds is 6. The molecule has 1 heterocycles. The summed E-state index contributed by atoms with van der Waals surface area (Å²) < 4.78 is 5.10. The topological polar surface area (TPSA) is 87.3 Å². The molecule has 0 fully saturated rings. The maximum absolute atomic E-state index is 10.4. The Morgan fingerprint density at radius 1 is 1.00 bits per heavy atom. The lowest BCUT2D eigenvalue weighted by atomic mass is 10.0. The third-order valence-corrected chi connectivity index (χ3v) is 3.85. The van der Waals surface area contributed by atoms with Gasteiger partial charge in [0.2, 0.25) is 0 Å². The summed E-state index contributed by atoms with van der Waals surface area (Å²) >= 11 is 0. The molecule has 0 saturated carbocycles. The molecule has 0 spiro atoms. The number of aliphatic hydroxyl groups is 1. The molecule has 0 aliphatic rings. The summed E-state index contributed by atoms with van der Waals surface area (Å²) in [4.78, 5) is 4.19. The van der Waals surface area contributed by atoms with Gasteiger partial charge in [-0.05, 0) is 54.6 Å². The number of aromatic nitrogens is 1. The SMILES string of the molecule is COc1ccc(N=Nc2ccc(O)c([C@H](O)Cc3ccccn3)c2)cc1. The molecule has 132 valence electrons. The fourth-order valence-corrected chi connectivity index (χ4v) is 2.46. The van der Waals surface area contributed by atoms with Crippen molar-refractivity contribution in [3.05, 3.63) is 78.1 Å². The van der Waals surface area contributed by atoms with Crippen LogP contribution in [0.25, 0.3) is 0 Å². The molecular formula is C20H19N3O3. The van der Waals surface area contributed by atoms with Crippen LogP contribution in [0.3, 0.4) is 0 Å². The molecule has 6 nitrogen and oxygen atoms in total. The Morgan fingerprint density at radius 3 is 2.42 bits per heavy atom. The van der Waals surface area contributed by atoms with Gasteiger partial charge in [0.1, 0.15) is 11.5 Å². The van der Waals surface area contributed by atoms with E-state index < -0.39 is 6.10 Å². The highest BCUT2D eigenvalue weighted by molar-refractivity contribution is 5.48. The minimum Gasteiger partial charge on any atom is -0.508 e. The number of phenols is 1. The Hall–Kier alpha value is -3.25.